The van der Waals surface area contributed by atoms with Crippen LogP contribution in [0.2, 0.25) is 0 Å². The molecule has 1 saturated heterocycles. The summed E-state index contributed by atoms with van der Waals surface area (Å²) < 4.78 is 11.9. The van der Waals surface area contributed by atoms with Gasteiger partial charge in [-0.05, 0) is 41.1 Å². The van der Waals surface area contributed by atoms with Crippen LogP contribution in [0.25, 0.3) is 0 Å². The molecule has 0 aliphatic carbocycles. The van der Waals surface area contributed by atoms with E-state index in [2.05, 4.69) is 54.7 Å². The molecule has 0 aromatic carbocycles. The molecular formula is C16H22N2O2S. The fourth-order valence-corrected chi connectivity index (χ4v) is 3.69. The van der Waals surface area contributed by atoms with Gasteiger partial charge in [0.25, 0.3) is 0 Å². The number of aromatic nitrogens is 2. The van der Waals surface area contributed by atoms with E-state index in [-0.39, 0.29) is 23.4 Å². The van der Waals surface area contributed by atoms with Gasteiger partial charge >= 0.3 is 0 Å². The van der Waals surface area contributed by atoms with E-state index in [9.17, 15) is 0 Å². The Morgan fingerprint density at radius 2 is 2.14 bits per heavy atom. The molecule has 0 unspecified atom stereocenters. The average molecular weight is 306 g/mol. The smallest absolute Gasteiger partial charge is 0.223 e. The summed E-state index contributed by atoms with van der Waals surface area (Å²) in [7, 11) is 0. The molecule has 0 saturated carbocycles. The first-order valence-electron chi connectivity index (χ1n) is 7.44. The van der Waals surface area contributed by atoms with Gasteiger partial charge in [0.15, 0.2) is 0 Å². The molecule has 4 nitrogen and oxygen atoms in total. The minimum atomic E-state index is 0.0781. The van der Waals surface area contributed by atoms with Crippen LogP contribution in [-0.4, -0.2) is 22.9 Å². The van der Waals surface area contributed by atoms with Crippen molar-refractivity contribution in [3.05, 3.63) is 34.2 Å². The lowest BCUT2D eigenvalue weighted by Gasteiger charge is -2.29. The Hall–Kier alpha value is -1.20. The fourth-order valence-electron chi connectivity index (χ4n) is 2.93. The van der Waals surface area contributed by atoms with E-state index in [4.69, 9.17) is 9.15 Å². The topological polar surface area (TPSA) is 48.2 Å². The van der Waals surface area contributed by atoms with E-state index in [1.54, 1.807) is 11.3 Å². The van der Waals surface area contributed by atoms with Gasteiger partial charge < -0.3 is 9.15 Å². The molecule has 1 aliphatic heterocycles. The molecule has 3 heterocycles. The zero-order valence-corrected chi connectivity index (χ0v) is 13.8. The monoisotopic (exact) mass is 306 g/mol. The van der Waals surface area contributed by atoms with E-state index < -0.39 is 0 Å². The predicted octanol–water partition coefficient (Wildman–Crippen LogP) is 4.20. The lowest BCUT2D eigenvalue weighted by molar-refractivity contribution is 0.0170. The molecule has 0 radical (unpaired) electrons. The predicted molar refractivity (Wildman–Crippen MR) is 82.7 cm³/mol. The third kappa shape index (κ3) is 2.90. The highest BCUT2D eigenvalue weighted by atomic mass is 32.1. The van der Waals surface area contributed by atoms with Crippen molar-refractivity contribution in [2.45, 2.75) is 52.1 Å². The number of ether oxygens (including phenoxy) is 1. The van der Waals surface area contributed by atoms with Crippen molar-refractivity contribution in [2.24, 2.45) is 5.41 Å². The summed E-state index contributed by atoms with van der Waals surface area (Å²) in [6.07, 6.45) is 1.10. The van der Waals surface area contributed by atoms with Gasteiger partial charge in [0, 0.05) is 6.61 Å². The molecule has 1 fully saturated rings. The Morgan fingerprint density at radius 1 is 1.33 bits per heavy atom. The Bertz CT molecular complexity index is 586. The largest absolute Gasteiger partial charge is 0.424 e. The summed E-state index contributed by atoms with van der Waals surface area (Å²) in [5.74, 6) is 1.78. The van der Waals surface area contributed by atoms with Crippen molar-refractivity contribution in [1.82, 2.24) is 10.2 Å². The maximum absolute atomic E-state index is 5.98. The molecule has 0 spiro atoms. The summed E-state index contributed by atoms with van der Waals surface area (Å²) >= 11 is 1.69. The zero-order chi connectivity index (χ0) is 15.0. The second-order valence-corrected chi connectivity index (χ2v) is 7.59. The Kier molecular flexibility index (Phi) is 3.88. The van der Waals surface area contributed by atoms with Gasteiger partial charge in [-0.1, -0.05) is 20.8 Å². The Labute approximate surface area is 129 Å². The van der Waals surface area contributed by atoms with Crippen LogP contribution in [0, 0.1) is 5.41 Å². The molecule has 2 aromatic heterocycles. The quantitative estimate of drug-likeness (QED) is 0.852. The summed E-state index contributed by atoms with van der Waals surface area (Å²) in [6, 6.07) is 2.11. The lowest BCUT2D eigenvalue weighted by Crippen LogP contribution is -2.30. The van der Waals surface area contributed by atoms with Crippen molar-refractivity contribution in [1.29, 1.82) is 0 Å². The number of rotatable bonds is 3. The van der Waals surface area contributed by atoms with Crippen molar-refractivity contribution >= 4 is 11.3 Å². The van der Waals surface area contributed by atoms with Crippen molar-refractivity contribution < 1.29 is 9.15 Å². The van der Waals surface area contributed by atoms with Crippen LogP contribution in [0.15, 0.2) is 21.2 Å². The summed E-state index contributed by atoms with van der Waals surface area (Å²) in [5, 5.41) is 12.8. The van der Waals surface area contributed by atoms with Crippen LogP contribution in [0.5, 0.6) is 0 Å². The highest BCUT2D eigenvalue weighted by Crippen LogP contribution is 2.40. The molecule has 3 atom stereocenters. The van der Waals surface area contributed by atoms with Gasteiger partial charge in [-0.25, -0.2) is 0 Å². The van der Waals surface area contributed by atoms with Gasteiger partial charge in [-0.15, -0.1) is 10.2 Å². The standard InChI is InChI=1S/C16H22N2O2S/c1-10(11-6-8-21-9-11)14-17-18-15(20-14)12-5-7-19-13(12)16(2,3)4/h6,8-10,12-13H,5,7H2,1-4H3/t10-,12+,13+/m1/s1. The number of thiophene rings is 1. The van der Waals surface area contributed by atoms with Gasteiger partial charge in [0.2, 0.25) is 11.8 Å². The van der Waals surface area contributed by atoms with Crippen molar-refractivity contribution in [3.8, 4) is 0 Å². The van der Waals surface area contributed by atoms with E-state index >= 15 is 0 Å². The first kappa shape index (κ1) is 14.7. The van der Waals surface area contributed by atoms with Crippen LogP contribution in [0.4, 0.5) is 0 Å². The first-order valence-corrected chi connectivity index (χ1v) is 8.38. The van der Waals surface area contributed by atoms with Crippen molar-refractivity contribution in [2.75, 3.05) is 6.61 Å². The van der Waals surface area contributed by atoms with Crippen LogP contribution in [-0.2, 0) is 4.74 Å². The summed E-state index contributed by atoms with van der Waals surface area (Å²) in [6.45, 7) is 9.46. The minimum absolute atomic E-state index is 0.0781. The highest BCUT2D eigenvalue weighted by molar-refractivity contribution is 7.08. The summed E-state index contributed by atoms with van der Waals surface area (Å²) in [4.78, 5) is 0. The van der Waals surface area contributed by atoms with Crippen molar-refractivity contribution in [3.63, 3.8) is 0 Å². The molecule has 0 amide bonds. The molecular weight excluding hydrogens is 284 g/mol. The van der Waals surface area contributed by atoms with E-state index in [0.717, 1.165) is 18.9 Å². The average Bonchev–Trinajstić information content (AvgIpc) is 3.16. The Morgan fingerprint density at radius 3 is 2.81 bits per heavy atom. The normalized spacial score (nSPS) is 24.4. The van der Waals surface area contributed by atoms with Crippen LogP contribution in [0.1, 0.15) is 63.3 Å². The lowest BCUT2D eigenvalue weighted by atomic mass is 9.81. The van der Waals surface area contributed by atoms with Gasteiger partial charge in [-0.3, -0.25) is 0 Å². The molecule has 21 heavy (non-hydrogen) atoms. The number of hydrogen-bond acceptors (Lipinski definition) is 5. The third-order valence-corrected chi connectivity index (χ3v) is 4.83. The van der Waals surface area contributed by atoms with E-state index in [1.807, 2.05) is 0 Å². The molecule has 0 bridgehead atoms. The molecule has 2 aromatic rings. The second kappa shape index (κ2) is 5.54. The number of hydrogen-bond donors (Lipinski definition) is 0. The highest BCUT2D eigenvalue weighted by Gasteiger charge is 2.41. The molecule has 0 N–H and O–H groups in total. The molecule has 114 valence electrons. The second-order valence-electron chi connectivity index (χ2n) is 6.81. The van der Waals surface area contributed by atoms with Gasteiger partial charge in [0.1, 0.15) is 0 Å². The van der Waals surface area contributed by atoms with Crippen LogP contribution < -0.4 is 0 Å². The Balaban J connectivity index is 1.82. The van der Waals surface area contributed by atoms with Crippen LogP contribution in [0.3, 0.4) is 0 Å². The number of nitrogens with zero attached hydrogens (tertiary/aromatic N) is 2. The fraction of sp³-hybridized carbons (Fsp3) is 0.625. The zero-order valence-electron chi connectivity index (χ0n) is 13.0. The summed E-state index contributed by atoms with van der Waals surface area (Å²) in [5.41, 5.74) is 1.31. The first-order chi connectivity index (χ1) is 9.97. The third-order valence-electron chi connectivity index (χ3n) is 4.13. The van der Waals surface area contributed by atoms with Crippen LogP contribution >= 0.6 is 11.3 Å². The van der Waals surface area contributed by atoms with Gasteiger partial charge in [-0.2, -0.15) is 11.3 Å². The molecule has 5 heteroatoms. The molecule has 1 aliphatic rings. The van der Waals surface area contributed by atoms with E-state index in [0.29, 0.717) is 5.89 Å². The maximum Gasteiger partial charge on any atom is 0.223 e. The van der Waals surface area contributed by atoms with Gasteiger partial charge in [0.05, 0.1) is 17.9 Å². The maximum atomic E-state index is 5.98. The SMILES string of the molecule is C[C@H](c1ccsc1)c1nnc([C@H]2CCO[C@@H]2C(C)(C)C)o1. The minimum Gasteiger partial charge on any atom is -0.424 e. The molecule has 3 rings (SSSR count). The van der Waals surface area contributed by atoms with E-state index in [1.165, 1.54) is 5.56 Å².